The number of nitrogens with zero attached hydrogens (tertiary/aromatic N) is 2. The van der Waals surface area contributed by atoms with Crippen molar-refractivity contribution in [1.82, 2.24) is 0 Å². The molecule has 0 saturated carbocycles. The second-order valence-corrected chi connectivity index (χ2v) is 5.32. The van der Waals surface area contributed by atoms with E-state index in [0.717, 1.165) is 5.69 Å². The van der Waals surface area contributed by atoms with Gasteiger partial charge in [0.15, 0.2) is 0 Å². The minimum Gasteiger partial charge on any atom is -0.442 e. The fraction of sp³-hybridized carbons (Fsp3) is 0.357. The maximum atomic E-state index is 12.1. The van der Waals surface area contributed by atoms with Gasteiger partial charge in [0.2, 0.25) is 0 Å². The zero-order chi connectivity index (χ0) is 14.2. The summed E-state index contributed by atoms with van der Waals surface area (Å²) < 4.78 is 5.10. The number of ether oxygens (including phenoxy) is 1. The molecule has 1 aromatic rings. The molecule has 100 valence electrons. The van der Waals surface area contributed by atoms with E-state index in [2.05, 4.69) is 4.99 Å². The van der Waals surface area contributed by atoms with Gasteiger partial charge >= 0.3 is 6.09 Å². The lowest BCUT2D eigenvalue weighted by molar-refractivity contribution is -0.112. The van der Waals surface area contributed by atoms with E-state index < -0.39 is 11.7 Å². The number of likely N-dealkylation sites (N-methyl/N-ethyl adjacent to an activating group) is 1. The molecule has 2 rings (SSSR count). The van der Waals surface area contributed by atoms with Gasteiger partial charge in [-0.1, -0.05) is 18.2 Å². The molecular formula is C14H16N2O3. The van der Waals surface area contributed by atoms with Crippen molar-refractivity contribution in [2.45, 2.75) is 26.4 Å². The van der Waals surface area contributed by atoms with Crippen LogP contribution in [0.1, 0.15) is 26.3 Å². The molecule has 1 heterocycles. The van der Waals surface area contributed by atoms with Crippen molar-refractivity contribution < 1.29 is 14.3 Å². The van der Waals surface area contributed by atoms with Gasteiger partial charge in [-0.05, 0) is 26.8 Å². The molecule has 0 aromatic heterocycles. The third kappa shape index (κ3) is 2.65. The molecule has 0 saturated heterocycles. The average molecular weight is 260 g/mol. The van der Waals surface area contributed by atoms with Crippen molar-refractivity contribution in [3.05, 3.63) is 29.8 Å². The van der Waals surface area contributed by atoms with E-state index in [1.165, 1.54) is 4.90 Å². The SMILES string of the molecule is CN1C(=O)/C(=N\C(=O)OC(C)(C)C)c2ccccc21. The van der Waals surface area contributed by atoms with Crippen LogP contribution in [0, 0.1) is 0 Å². The number of carbonyl (C=O) groups is 2. The van der Waals surface area contributed by atoms with E-state index >= 15 is 0 Å². The molecule has 1 aromatic carbocycles. The summed E-state index contributed by atoms with van der Waals surface area (Å²) in [6.45, 7) is 5.25. The normalized spacial score (nSPS) is 16.7. The van der Waals surface area contributed by atoms with Crippen LogP contribution in [0.15, 0.2) is 29.3 Å². The standard InChI is InChI=1S/C14H16N2O3/c1-14(2,3)19-13(18)15-11-9-7-5-6-8-10(9)16(4)12(11)17/h5-8H,1-4H3/b15-11-. The smallest absolute Gasteiger partial charge is 0.434 e. The molecule has 0 spiro atoms. The molecule has 0 unspecified atom stereocenters. The predicted octanol–water partition coefficient (Wildman–Crippen LogP) is 2.39. The summed E-state index contributed by atoms with van der Waals surface area (Å²) in [5, 5.41) is 0. The lowest BCUT2D eigenvalue weighted by atomic mass is 10.1. The van der Waals surface area contributed by atoms with Gasteiger partial charge in [-0.15, -0.1) is 0 Å². The second-order valence-electron chi connectivity index (χ2n) is 5.32. The fourth-order valence-electron chi connectivity index (χ4n) is 1.83. The Labute approximate surface area is 111 Å². The highest BCUT2D eigenvalue weighted by atomic mass is 16.6. The highest BCUT2D eigenvalue weighted by Gasteiger charge is 2.32. The van der Waals surface area contributed by atoms with E-state index in [1.54, 1.807) is 40.0 Å². The molecule has 0 aliphatic carbocycles. The quantitative estimate of drug-likeness (QED) is 0.719. The third-order valence-corrected chi connectivity index (χ3v) is 2.62. The Hall–Kier alpha value is -2.17. The summed E-state index contributed by atoms with van der Waals surface area (Å²) in [5.41, 5.74) is 0.900. The number of anilines is 1. The largest absolute Gasteiger partial charge is 0.442 e. The first kappa shape index (κ1) is 13.3. The van der Waals surface area contributed by atoms with Gasteiger partial charge < -0.3 is 9.64 Å². The van der Waals surface area contributed by atoms with Crippen molar-refractivity contribution >= 4 is 23.4 Å². The van der Waals surface area contributed by atoms with E-state index in [1.807, 2.05) is 12.1 Å². The Morgan fingerprint density at radius 1 is 1.26 bits per heavy atom. The summed E-state index contributed by atoms with van der Waals surface area (Å²) in [6.07, 6.45) is -0.749. The molecule has 5 nitrogen and oxygen atoms in total. The molecule has 2 amide bonds. The van der Waals surface area contributed by atoms with Crippen LogP contribution in [-0.2, 0) is 9.53 Å². The van der Waals surface area contributed by atoms with Crippen LogP contribution in [0.3, 0.4) is 0 Å². The number of hydrogen-bond acceptors (Lipinski definition) is 3. The Kier molecular flexibility index (Phi) is 3.14. The molecule has 5 heteroatoms. The number of para-hydroxylation sites is 1. The topological polar surface area (TPSA) is 59.0 Å². The zero-order valence-electron chi connectivity index (χ0n) is 11.4. The molecular weight excluding hydrogens is 244 g/mol. The molecule has 1 aliphatic rings. The summed E-state index contributed by atoms with van der Waals surface area (Å²) in [7, 11) is 1.65. The number of hydrogen-bond donors (Lipinski definition) is 0. The first-order chi connectivity index (χ1) is 8.79. The van der Waals surface area contributed by atoms with Crippen molar-refractivity contribution in [2.75, 3.05) is 11.9 Å². The molecule has 0 bridgehead atoms. The van der Waals surface area contributed by atoms with Crippen LogP contribution < -0.4 is 4.90 Å². The highest BCUT2D eigenvalue weighted by molar-refractivity contribution is 6.55. The highest BCUT2D eigenvalue weighted by Crippen LogP contribution is 2.27. The zero-order valence-corrected chi connectivity index (χ0v) is 11.4. The van der Waals surface area contributed by atoms with Crippen LogP contribution in [0.5, 0.6) is 0 Å². The maximum absolute atomic E-state index is 12.1. The van der Waals surface area contributed by atoms with Gasteiger partial charge in [0.05, 0.1) is 5.69 Å². The lowest BCUT2D eigenvalue weighted by Gasteiger charge is -2.17. The van der Waals surface area contributed by atoms with Gasteiger partial charge in [-0.2, -0.15) is 4.99 Å². The molecule has 0 atom stereocenters. The monoisotopic (exact) mass is 260 g/mol. The van der Waals surface area contributed by atoms with Gasteiger partial charge in [0, 0.05) is 12.6 Å². The van der Waals surface area contributed by atoms with E-state index in [4.69, 9.17) is 4.74 Å². The van der Waals surface area contributed by atoms with Crippen LogP contribution >= 0.6 is 0 Å². The Bertz CT molecular complexity index is 570. The van der Waals surface area contributed by atoms with Crippen molar-refractivity contribution in [2.24, 2.45) is 4.99 Å². The second kappa shape index (κ2) is 4.50. The summed E-state index contributed by atoms with van der Waals surface area (Å²) in [6, 6.07) is 7.21. The van der Waals surface area contributed by atoms with Gasteiger partial charge in [0.1, 0.15) is 11.3 Å². The van der Waals surface area contributed by atoms with E-state index in [9.17, 15) is 9.59 Å². The van der Waals surface area contributed by atoms with E-state index in [-0.39, 0.29) is 11.6 Å². The van der Waals surface area contributed by atoms with Crippen molar-refractivity contribution in [1.29, 1.82) is 0 Å². The van der Waals surface area contributed by atoms with Crippen molar-refractivity contribution in [3.63, 3.8) is 0 Å². The number of rotatable bonds is 0. The first-order valence-corrected chi connectivity index (χ1v) is 5.99. The third-order valence-electron chi connectivity index (χ3n) is 2.62. The first-order valence-electron chi connectivity index (χ1n) is 5.99. The Morgan fingerprint density at radius 3 is 2.53 bits per heavy atom. The summed E-state index contributed by atoms with van der Waals surface area (Å²) >= 11 is 0. The van der Waals surface area contributed by atoms with Crippen molar-refractivity contribution in [3.8, 4) is 0 Å². The minimum atomic E-state index is -0.749. The summed E-state index contributed by atoms with van der Waals surface area (Å²) in [5.74, 6) is -0.299. The number of fused-ring (bicyclic) bond motifs is 1. The molecule has 1 aliphatic heterocycles. The Morgan fingerprint density at radius 2 is 1.89 bits per heavy atom. The number of amides is 2. The molecule has 0 radical (unpaired) electrons. The van der Waals surface area contributed by atoms with Crippen LogP contribution in [0.2, 0.25) is 0 Å². The van der Waals surface area contributed by atoms with Gasteiger partial charge in [-0.25, -0.2) is 4.79 Å². The van der Waals surface area contributed by atoms with Gasteiger partial charge in [-0.3, -0.25) is 4.79 Å². The van der Waals surface area contributed by atoms with Crippen LogP contribution in [0.4, 0.5) is 10.5 Å². The number of benzene rings is 1. The van der Waals surface area contributed by atoms with Gasteiger partial charge in [0.25, 0.3) is 5.91 Å². The predicted molar refractivity (Wildman–Crippen MR) is 72.6 cm³/mol. The average Bonchev–Trinajstić information content (AvgIpc) is 2.53. The van der Waals surface area contributed by atoms with Crippen LogP contribution in [-0.4, -0.2) is 30.4 Å². The van der Waals surface area contributed by atoms with E-state index in [0.29, 0.717) is 5.56 Å². The lowest BCUT2D eigenvalue weighted by Crippen LogP contribution is -2.27. The minimum absolute atomic E-state index is 0.132. The number of aliphatic imine (C=N–C) groups is 1. The Balaban J connectivity index is 2.36. The maximum Gasteiger partial charge on any atom is 0.434 e. The molecule has 0 fully saturated rings. The molecule has 19 heavy (non-hydrogen) atoms. The number of carbonyl (C=O) groups excluding carboxylic acids is 2. The molecule has 0 N–H and O–H groups in total. The fourth-order valence-corrected chi connectivity index (χ4v) is 1.83. The van der Waals surface area contributed by atoms with Crippen LogP contribution in [0.25, 0.3) is 0 Å². The summed E-state index contributed by atoms with van der Waals surface area (Å²) in [4.78, 5) is 29.0.